The summed E-state index contributed by atoms with van der Waals surface area (Å²) in [5.41, 5.74) is 2.74. The third kappa shape index (κ3) is 9.50. The number of likely N-dealkylation sites (tertiary alicyclic amines) is 1. The third-order valence-corrected chi connectivity index (χ3v) is 8.02. The van der Waals surface area contributed by atoms with E-state index in [4.69, 9.17) is 14.5 Å². The van der Waals surface area contributed by atoms with E-state index in [1.54, 1.807) is 4.90 Å². The number of esters is 1. The quantitative estimate of drug-likeness (QED) is 0.291. The Kier molecular flexibility index (Phi) is 11.2. The first-order valence-electron chi connectivity index (χ1n) is 14.9. The lowest BCUT2D eigenvalue weighted by Crippen LogP contribution is -2.53. The van der Waals surface area contributed by atoms with Crippen LogP contribution in [0, 0.1) is 5.41 Å². The molecule has 1 aromatic rings. The Hall–Kier alpha value is -2.64. The summed E-state index contributed by atoms with van der Waals surface area (Å²) < 4.78 is 10.4. The molecule has 0 saturated carbocycles. The summed E-state index contributed by atoms with van der Waals surface area (Å²) in [6.07, 6.45) is 12.3. The van der Waals surface area contributed by atoms with Crippen LogP contribution < -0.4 is 5.32 Å². The zero-order chi connectivity index (χ0) is 28.5. The first-order valence-corrected chi connectivity index (χ1v) is 14.9. The van der Waals surface area contributed by atoms with Gasteiger partial charge in [0.15, 0.2) is 0 Å². The second-order valence-electron chi connectivity index (χ2n) is 12.5. The minimum Gasteiger partial charge on any atom is -0.467 e. The van der Waals surface area contributed by atoms with Crippen molar-refractivity contribution in [1.82, 2.24) is 15.2 Å². The largest absolute Gasteiger partial charge is 0.467 e. The van der Waals surface area contributed by atoms with Crippen molar-refractivity contribution < 1.29 is 23.9 Å². The van der Waals surface area contributed by atoms with Gasteiger partial charge in [-0.3, -0.25) is 9.78 Å². The first kappa shape index (κ1) is 30.9. The van der Waals surface area contributed by atoms with Crippen LogP contribution in [-0.2, 0) is 38.3 Å². The fourth-order valence-electron chi connectivity index (χ4n) is 5.41. The first-order chi connectivity index (χ1) is 18.5. The Balaban J connectivity index is 1.37. The SMILES string of the molecule is COC(=O)[C@H](CCCCCCCc1ccc2c(n1)CCCC2)NC(=O)C1(C)CCN(C(=O)OC(C)(C)C)CC1. The van der Waals surface area contributed by atoms with Gasteiger partial charge in [-0.15, -0.1) is 0 Å². The highest BCUT2D eigenvalue weighted by molar-refractivity contribution is 5.88. The number of ether oxygens (including phenoxy) is 2. The molecule has 2 heterocycles. The second-order valence-corrected chi connectivity index (χ2v) is 12.5. The van der Waals surface area contributed by atoms with E-state index in [-0.39, 0.29) is 12.0 Å². The molecular formula is C31H49N3O5. The molecule has 1 saturated heterocycles. The smallest absolute Gasteiger partial charge is 0.410 e. The van der Waals surface area contributed by atoms with Gasteiger partial charge < -0.3 is 19.7 Å². The molecule has 1 atom stereocenters. The fraction of sp³-hybridized carbons (Fsp3) is 0.742. The molecule has 0 unspecified atom stereocenters. The number of methoxy groups -OCH3 is 1. The molecule has 0 radical (unpaired) electrons. The molecular weight excluding hydrogens is 494 g/mol. The number of hydrogen-bond donors (Lipinski definition) is 1. The molecule has 8 nitrogen and oxygen atoms in total. The van der Waals surface area contributed by atoms with Crippen LogP contribution in [0.15, 0.2) is 12.1 Å². The molecule has 1 aliphatic heterocycles. The third-order valence-electron chi connectivity index (χ3n) is 8.02. The van der Waals surface area contributed by atoms with E-state index in [1.807, 2.05) is 27.7 Å². The molecule has 39 heavy (non-hydrogen) atoms. The summed E-state index contributed by atoms with van der Waals surface area (Å²) in [4.78, 5) is 44.5. The lowest BCUT2D eigenvalue weighted by molar-refractivity contribution is -0.147. The van der Waals surface area contributed by atoms with Gasteiger partial charge in [-0.25, -0.2) is 9.59 Å². The monoisotopic (exact) mass is 543 g/mol. The van der Waals surface area contributed by atoms with Crippen LogP contribution in [0.3, 0.4) is 0 Å². The van der Waals surface area contributed by atoms with Crippen molar-refractivity contribution in [1.29, 1.82) is 0 Å². The van der Waals surface area contributed by atoms with Crippen molar-refractivity contribution in [3.05, 3.63) is 29.1 Å². The molecule has 8 heteroatoms. The summed E-state index contributed by atoms with van der Waals surface area (Å²) in [5.74, 6) is -0.559. The fourth-order valence-corrected chi connectivity index (χ4v) is 5.41. The summed E-state index contributed by atoms with van der Waals surface area (Å²) in [6, 6.07) is 3.81. The van der Waals surface area contributed by atoms with Gasteiger partial charge in [0.1, 0.15) is 11.6 Å². The molecule has 1 aliphatic carbocycles. The van der Waals surface area contributed by atoms with Gasteiger partial charge >= 0.3 is 12.1 Å². The van der Waals surface area contributed by atoms with E-state index >= 15 is 0 Å². The van der Waals surface area contributed by atoms with Crippen LogP contribution in [0.5, 0.6) is 0 Å². The van der Waals surface area contributed by atoms with E-state index in [0.29, 0.717) is 32.4 Å². The molecule has 3 rings (SSSR count). The zero-order valence-corrected chi connectivity index (χ0v) is 24.8. The zero-order valence-electron chi connectivity index (χ0n) is 24.8. The van der Waals surface area contributed by atoms with Crippen molar-refractivity contribution in [3.63, 3.8) is 0 Å². The summed E-state index contributed by atoms with van der Waals surface area (Å²) in [5, 5.41) is 2.95. The van der Waals surface area contributed by atoms with E-state index in [0.717, 1.165) is 44.9 Å². The van der Waals surface area contributed by atoms with Crippen molar-refractivity contribution >= 4 is 18.0 Å². The predicted octanol–water partition coefficient (Wildman–Crippen LogP) is 5.54. The number of piperidine rings is 1. The van der Waals surface area contributed by atoms with Crippen LogP contribution >= 0.6 is 0 Å². The van der Waals surface area contributed by atoms with E-state index in [1.165, 1.54) is 43.3 Å². The Morgan fingerprint density at radius 2 is 1.69 bits per heavy atom. The molecule has 1 aromatic heterocycles. The average Bonchev–Trinajstić information content (AvgIpc) is 2.90. The van der Waals surface area contributed by atoms with Crippen molar-refractivity contribution in [2.75, 3.05) is 20.2 Å². The van der Waals surface area contributed by atoms with Gasteiger partial charge in [0, 0.05) is 29.9 Å². The number of hydrogen-bond acceptors (Lipinski definition) is 6. The average molecular weight is 544 g/mol. The standard InChI is InChI=1S/C31H49N3O5/c1-30(2,3)39-29(37)34-21-19-31(4,20-22-34)28(36)33-26(27(35)38-5)16-10-8-6-7-9-14-24-18-17-23-13-11-12-15-25(23)32-24/h17-18,26H,6-16,19-22H2,1-5H3,(H,33,36)/t26-/m0/s1. The van der Waals surface area contributed by atoms with Gasteiger partial charge in [-0.2, -0.15) is 0 Å². The minimum absolute atomic E-state index is 0.153. The number of unbranched alkanes of at least 4 members (excludes halogenated alkanes) is 4. The summed E-state index contributed by atoms with van der Waals surface area (Å²) >= 11 is 0. The maximum Gasteiger partial charge on any atom is 0.410 e. The molecule has 0 aromatic carbocycles. The van der Waals surface area contributed by atoms with Crippen LogP contribution in [-0.4, -0.2) is 59.7 Å². The van der Waals surface area contributed by atoms with Crippen LogP contribution in [0.4, 0.5) is 4.79 Å². The second kappa shape index (κ2) is 14.1. The van der Waals surface area contributed by atoms with E-state index in [2.05, 4.69) is 17.4 Å². The number of carbonyl (C=O) groups is 3. The number of nitrogens with zero attached hydrogens (tertiary/aromatic N) is 2. The van der Waals surface area contributed by atoms with Crippen molar-refractivity contribution in [3.8, 4) is 0 Å². The Morgan fingerprint density at radius 3 is 2.38 bits per heavy atom. The highest BCUT2D eigenvalue weighted by Crippen LogP contribution is 2.32. The van der Waals surface area contributed by atoms with E-state index < -0.39 is 23.0 Å². The van der Waals surface area contributed by atoms with Gasteiger partial charge in [-0.05, 0) is 90.2 Å². The molecule has 1 N–H and O–H groups in total. The van der Waals surface area contributed by atoms with Crippen molar-refractivity contribution in [2.24, 2.45) is 5.41 Å². The number of amides is 2. The van der Waals surface area contributed by atoms with Crippen LogP contribution in [0.2, 0.25) is 0 Å². The number of nitrogens with one attached hydrogen (secondary N) is 1. The molecule has 1 fully saturated rings. The van der Waals surface area contributed by atoms with Gasteiger partial charge in [-0.1, -0.05) is 38.7 Å². The molecule has 218 valence electrons. The highest BCUT2D eigenvalue weighted by Gasteiger charge is 2.40. The minimum atomic E-state index is -0.650. The van der Waals surface area contributed by atoms with Crippen LogP contribution in [0.25, 0.3) is 0 Å². The molecule has 0 bridgehead atoms. The number of aryl methyl sites for hydroxylation is 3. The Labute approximate surface area is 234 Å². The predicted molar refractivity (Wildman–Crippen MR) is 151 cm³/mol. The maximum atomic E-state index is 13.2. The molecule has 2 amide bonds. The van der Waals surface area contributed by atoms with Gasteiger partial charge in [0.2, 0.25) is 5.91 Å². The topological polar surface area (TPSA) is 97.8 Å². The number of fused-ring (bicyclic) bond motifs is 1. The number of aromatic nitrogens is 1. The maximum absolute atomic E-state index is 13.2. The lowest BCUT2D eigenvalue weighted by Gasteiger charge is -2.39. The Bertz CT molecular complexity index is 979. The summed E-state index contributed by atoms with van der Waals surface area (Å²) in [7, 11) is 1.36. The number of pyridine rings is 1. The number of rotatable bonds is 11. The lowest BCUT2D eigenvalue weighted by atomic mass is 9.79. The molecule has 2 aliphatic rings. The van der Waals surface area contributed by atoms with Crippen LogP contribution in [0.1, 0.15) is 109 Å². The summed E-state index contributed by atoms with van der Waals surface area (Å²) in [6.45, 7) is 8.32. The van der Waals surface area contributed by atoms with E-state index in [9.17, 15) is 14.4 Å². The van der Waals surface area contributed by atoms with Gasteiger partial charge in [0.25, 0.3) is 0 Å². The van der Waals surface area contributed by atoms with Gasteiger partial charge in [0.05, 0.1) is 7.11 Å². The normalized spacial score (nSPS) is 17.6. The Morgan fingerprint density at radius 1 is 1.03 bits per heavy atom. The highest BCUT2D eigenvalue weighted by atomic mass is 16.6. The molecule has 0 spiro atoms. The van der Waals surface area contributed by atoms with Crippen molar-refractivity contribution in [2.45, 2.75) is 123 Å². The number of carbonyl (C=O) groups excluding carboxylic acids is 3.